The first-order chi connectivity index (χ1) is 5.70. The van der Waals surface area contributed by atoms with Gasteiger partial charge in [0.05, 0.1) is 6.54 Å². The Hall–Kier alpha value is -1.35. The lowest BCUT2D eigenvalue weighted by Gasteiger charge is -2.13. The highest BCUT2D eigenvalue weighted by molar-refractivity contribution is 5.72. The average Bonchev–Trinajstić information content (AvgIpc) is 2.06. The minimum absolute atomic E-state index is 0.126. The van der Waals surface area contributed by atoms with Crippen LogP contribution in [0.1, 0.15) is 12.5 Å². The molecule has 1 rings (SSSR count). The van der Waals surface area contributed by atoms with Gasteiger partial charge in [0.25, 0.3) is 0 Å². The van der Waals surface area contributed by atoms with Crippen LogP contribution in [0.3, 0.4) is 0 Å². The zero-order valence-corrected chi connectivity index (χ0v) is 7.03. The summed E-state index contributed by atoms with van der Waals surface area (Å²) in [6.45, 7) is 1.92. The molecule has 0 aliphatic heterocycles. The number of hydrogen-bond donors (Lipinski definition) is 1. The summed E-state index contributed by atoms with van der Waals surface area (Å²) in [7, 11) is 0. The third kappa shape index (κ3) is 2.36. The molecule has 0 heterocycles. The summed E-state index contributed by atoms with van der Waals surface area (Å²) in [5.74, 6) is 5.31. The Balaban J connectivity index is 2.58. The van der Waals surface area contributed by atoms with E-state index in [-0.39, 0.29) is 5.91 Å². The maximum absolute atomic E-state index is 10.7. The predicted molar refractivity (Wildman–Crippen MR) is 46.9 cm³/mol. The van der Waals surface area contributed by atoms with E-state index in [0.29, 0.717) is 6.54 Å². The fourth-order valence-corrected chi connectivity index (χ4v) is 0.891. The Kier molecular flexibility index (Phi) is 2.82. The molecule has 12 heavy (non-hydrogen) atoms. The van der Waals surface area contributed by atoms with E-state index in [1.807, 2.05) is 30.3 Å². The molecule has 0 radical (unpaired) electrons. The molecule has 0 fully saturated rings. The van der Waals surface area contributed by atoms with Gasteiger partial charge in [0, 0.05) is 6.92 Å². The van der Waals surface area contributed by atoms with Gasteiger partial charge in [-0.25, -0.2) is 5.84 Å². The quantitative estimate of drug-likeness (QED) is 0.401. The number of nitrogens with two attached hydrogens (primary N) is 1. The lowest BCUT2D eigenvalue weighted by Crippen LogP contribution is -2.34. The summed E-state index contributed by atoms with van der Waals surface area (Å²) >= 11 is 0. The van der Waals surface area contributed by atoms with Crippen molar-refractivity contribution in [1.29, 1.82) is 0 Å². The van der Waals surface area contributed by atoms with Crippen molar-refractivity contribution < 1.29 is 4.79 Å². The Morgan fingerprint density at radius 2 is 2.00 bits per heavy atom. The Morgan fingerprint density at radius 1 is 1.42 bits per heavy atom. The molecule has 0 aliphatic carbocycles. The van der Waals surface area contributed by atoms with Crippen LogP contribution in [-0.4, -0.2) is 10.9 Å². The Labute approximate surface area is 71.8 Å². The molecule has 1 aromatic rings. The van der Waals surface area contributed by atoms with E-state index in [1.54, 1.807) is 0 Å². The van der Waals surface area contributed by atoms with Crippen molar-refractivity contribution in [1.82, 2.24) is 5.01 Å². The van der Waals surface area contributed by atoms with Crippen LogP contribution >= 0.6 is 0 Å². The lowest BCUT2D eigenvalue weighted by atomic mass is 10.2. The first-order valence-corrected chi connectivity index (χ1v) is 3.77. The first kappa shape index (κ1) is 8.74. The predicted octanol–water partition coefficient (Wildman–Crippen LogP) is 0.909. The molecular weight excluding hydrogens is 152 g/mol. The maximum Gasteiger partial charge on any atom is 0.233 e. The van der Waals surface area contributed by atoms with E-state index in [0.717, 1.165) is 5.56 Å². The minimum atomic E-state index is -0.126. The van der Waals surface area contributed by atoms with Crippen molar-refractivity contribution in [3.05, 3.63) is 35.9 Å². The average molecular weight is 164 g/mol. The number of hydrogen-bond acceptors (Lipinski definition) is 2. The number of amides is 1. The van der Waals surface area contributed by atoms with Crippen LogP contribution in [0.25, 0.3) is 0 Å². The number of nitrogens with zero attached hydrogens (tertiary/aromatic N) is 1. The van der Waals surface area contributed by atoms with Crippen LogP contribution in [0, 0.1) is 0 Å². The van der Waals surface area contributed by atoms with Crippen molar-refractivity contribution in [2.75, 3.05) is 0 Å². The highest BCUT2D eigenvalue weighted by Crippen LogP contribution is 2.00. The van der Waals surface area contributed by atoms with Crippen LogP contribution in [0.5, 0.6) is 0 Å². The molecule has 64 valence electrons. The van der Waals surface area contributed by atoms with Gasteiger partial charge in [0.15, 0.2) is 0 Å². The Bertz CT molecular complexity index is 258. The minimum Gasteiger partial charge on any atom is -0.276 e. The molecule has 0 spiro atoms. The molecule has 3 nitrogen and oxygen atoms in total. The smallest absolute Gasteiger partial charge is 0.233 e. The second-order valence-corrected chi connectivity index (χ2v) is 2.63. The van der Waals surface area contributed by atoms with Crippen LogP contribution in [0.4, 0.5) is 0 Å². The van der Waals surface area contributed by atoms with E-state index < -0.39 is 0 Å². The van der Waals surface area contributed by atoms with Crippen LogP contribution in [0.2, 0.25) is 0 Å². The van der Waals surface area contributed by atoms with Gasteiger partial charge in [0.2, 0.25) is 5.91 Å². The summed E-state index contributed by atoms with van der Waals surface area (Å²) in [5, 5.41) is 1.19. The molecule has 0 aliphatic rings. The monoisotopic (exact) mass is 164 g/mol. The molecule has 0 aromatic heterocycles. The Morgan fingerprint density at radius 3 is 2.50 bits per heavy atom. The summed E-state index contributed by atoms with van der Waals surface area (Å²) in [5.41, 5.74) is 1.04. The number of carbonyl (C=O) groups excluding carboxylic acids is 1. The number of rotatable bonds is 2. The summed E-state index contributed by atoms with van der Waals surface area (Å²) in [6, 6.07) is 9.64. The normalized spacial score (nSPS) is 9.50. The largest absolute Gasteiger partial charge is 0.276 e. The lowest BCUT2D eigenvalue weighted by molar-refractivity contribution is -0.129. The molecule has 2 N–H and O–H groups in total. The van der Waals surface area contributed by atoms with Gasteiger partial charge in [0.1, 0.15) is 0 Å². The fraction of sp³-hybridized carbons (Fsp3) is 0.222. The molecular formula is C9H12N2O. The third-order valence-corrected chi connectivity index (χ3v) is 1.60. The molecule has 0 atom stereocenters. The molecule has 0 unspecified atom stereocenters. The highest BCUT2D eigenvalue weighted by Gasteiger charge is 2.02. The second kappa shape index (κ2) is 3.88. The molecule has 1 aromatic carbocycles. The van der Waals surface area contributed by atoms with Gasteiger partial charge in [-0.1, -0.05) is 30.3 Å². The van der Waals surface area contributed by atoms with E-state index >= 15 is 0 Å². The summed E-state index contributed by atoms with van der Waals surface area (Å²) in [6.07, 6.45) is 0. The molecule has 0 saturated heterocycles. The van der Waals surface area contributed by atoms with Crippen molar-refractivity contribution in [2.45, 2.75) is 13.5 Å². The van der Waals surface area contributed by atoms with Crippen LogP contribution in [-0.2, 0) is 11.3 Å². The molecule has 3 heteroatoms. The van der Waals surface area contributed by atoms with Gasteiger partial charge in [-0.15, -0.1) is 0 Å². The zero-order chi connectivity index (χ0) is 8.97. The van der Waals surface area contributed by atoms with Crippen molar-refractivity contribution in [3.63, 3.8) is 0 Å². The first-order valence-electron chi connectivity index (χ1n) is 3.77. The van der Waals surface area contributed by atoms with Crippen molar-refractivity contribution in [3.8, 4) is 0 Å². The number of benzene rings is 1. The molecule has 1 amide bonds. The van der Waals surface area contributed by atoms with E-state index in [1.165, 1.54) is 11.9 Å². The molecule has 0 saturated carbocycles. The second-order valence-electron chi connectivity index (χ2n) is 2.63. The van der Waals surface area contributed by atoms with Gasteiger partial charge < -0.3 is 0 Å². The van der Waals surface area contributed by atoms with Gasteiger partial charge in [-0.2, -0.15) is 0 Å². The topological polar surface area (TPSA) is 46.3 Å². The van der Waals surface area contributed by atoms with E-state index in [2.05, 4.69) is 0 Å². The summed E-state index contributed by atoms with van der Waals surface area (Å²) < 4.78 is 0. The number of carbonyl (C=O) groups is 1. The standard InChI is InChI=1S/C9H12N2O/c1-8(12)11(10)7-9-5-3-2-4-6-9/h2-6H,7,10H2,1H3. The maximum atomic E-state index is 10.7. The summed E-state index contributed by atoms with van der Waals surface area (Å²) in [4.78, 5) is 10.7. The van der Waals surface area contributed by atoms with Crippen molar-refractivity contribution >= 4 is 5.91 Å². The third-order valence-electron chi connectivity index (χ3n) is 1.60. The highest BCUT2D eigenvalue weighted by atomic mass is 16.2. The van der Waals surface area contributed by atoms with Gasteiger partial charge in [-0.05, 0) is 5.56 Å². The number of hydrazine groups is 1. The van der Waals surface area contributed by atoms with E-state index in [4.69, 9.17) is 5.84 Å². The molecule has 0 bridgehead atoms. The SMILES string of the molecule is CC(=O)N(N)Cc1ccccc1. The fourth-order valence-electron chi connectivity index (χ4n) is 0.891. The van der Waals surface area contributed by atoms with Gasteiger partial charge >= 0.3 is 0 Å². The zero-order valence-electron chi connectivity index (χ0n) is 7.03. The van der Waals surface area contributed by atoms with Crippen molar-refractivity contribution in [2.24, 2.45) is 5.84 Å². The van der Waals surface area contributed by atoms with Crippen LogP contribution in [0.15, 0.2) is 30.3 Å². The van der Waals surface area contributed by atoms with Gasteiger partial charge in [-0.3, -0.25) is 9.80 Å². The van der Waals surface area contributed by atoms with E-state index in [9.17, 15) is 4.79 Å². The van der Waals surface area contributed by atoms with Crippen LogP contribution < -0.4 is 5.84 Å².